The number of nitrogens with one attached hydrogen (secondary N) is 1. The van der Waals surface area contributed by atoms with Crippen LogP contribution in [0.4, 0.5) is 5.69 Å². The van der Waals surface area contributed by atoms with Crippen LogP contribution >= 0.6 is 0 Å². The summed E-state index contributed by atoms with van der Waals surface area (Å²) in [5.41, 5.74) is 0.467. The molecule has 2 aliphatic rings. The number of hydrogen-bond acceptors (Lipinski definition) is 4. The van der Waals surface area contributed by atoms with E-state index in [0.717, 1.165) is 12.8 Å². The third-order valence-corrected chi connectivity index (χ3v) is 7.93. The second kappa shape index (κ2) is 8.68. The first-order valence-electron chi connectivity index (χ1n) is 10.6. The topological polar surface area (TPSA) is 75.7 Å². The normalized spacial score (nSPS) is 22.6. The molecular formula is C23H28N2O4S. The molecule has 160 valence electrons. The maximum absolute atomic E-state index is 13.4. The largest absolute Gasteiger partial charge is 0.494 e. The minimum atomic E-state index is -3.91. The summed E-state index contributed by atoms with van der Waals surface area (Å²) < 4.78 is 33.4. The number of benzene rings is 2. The second-order valence-electron chi connectivity index (χ2n) is 8.10. The third kappa shape index (κ3) is 4.31. The number of nitrogens with zero attached hydrogens (tertiary/aromatic N) is 1. The number of hydrogen-bond donors (Lipinski definition) is 1. The molecule has 1 N–H and O–H groups in total. The van der Waals surface area contributed by atoms with Gasteiger partial charge in [-0.2, -0.15) is 0 Å². The molecule has 2 bridgehead atoms. The zero-order valence-electron chi connectivity index (χ0n) is 17.2. The zero-order chi connectivity index (χ0) is 21.1. The Morgan fingerprint density at radius 3 is 2.40 bits per heavy atom. The number of rotatable bonds is 8. The number of carbonyl (C=O) groups is 1. The van der Waals surface area contributed by atoms with Gasteiger partial charge in [-0.05, 0) is 74.4 Å². The van der Waals surface area contributed by atoms with Gasteiger partial charge in [0.25, 0.3) is 10.0 Å². The first kappa shape index (κ1) is 20.7. The molecule has 2 aliphatic carbocycles. The van der Waals surface area contributed by atoms with Crippen molar-refractivity contribution in [1.82, 2.24) is 5.32 Å². The van der Waals surface area contributed by atoms with E-state index in [9.17, 15) is 13.2 Å². The van der Waals surface area contributed by atoms with Crippen LogP contribution in [0.15, 0.2) is 59.5 Å². The van der Waals surface area contributed by atoms with Gasteiger partial charge in [-0.3, -0.25) is 9.10 Å². The van der Waals surface area contributed by atoms with E-state index in [2.05, 4.69) is 5.32 Å². The molecule has 0 aromatic heterocycles. The summed E-state index contributed by atoms with van der Waals surface area (Å²) in [6.07, 6.45) is 4.59. The van der Waals surface area contributed by atoms with Crippen molar-refractivity contribution in [2.75, 3.05) is 17.5 Å². The highest BCUT2D eigenvalue weighted by atomic mass is 32.2. The highest BCUT2D eigenvalue weighted by Crippen LogP contribution is 2.44. The van der Waals surface area contributed by atoms with Crippen molar-refractivity contribution in [3.05, 3.63) is 54.6 Å². The quantitative estimate of drug-likeness (QED) is 0.697. The van der Waals surface area contributed by atoms with E-state index in [0.29, 0.717) is 29.9 Å². The molecule has 2 saturated carbocycles. The molecule has 1 amide bonds. The molecule has 6 nitrogen and oxygen atoms in total. The van der Waals surface area contributed by atoms with E-state index in [4.69, 9.17) is 4.74 Å². The average Bonchev–Trinajstić information content (AvgIpc) is 3.36. The summed E-state index contributed by atoms with van der Waals surface area (Å²) >= 11 is 0. The fraction of sp³-hybridized carbons (Fsp3) is 0.435. The van der Waals surface area contributed by atoms with E-state index in [1.54, 1.807) is 36.4 Å². The van der Waals surface area contributed by atoms with E-state index < -0.39 is 10.0 Å². The van der Waals surface area contributed by atoms with Crippen LogP contribution in [0.1, 0.15) is 32.6 Å². The average molecular weight is 429 g/mol. The number of para-hydroxylation sites is 1. The van der Waals surface area contributed by atoms with Crippen molar-refractivity contribution in [3.63, 3.8) is 0 Å². The summed E-state index contributed by atoms with van der Waals surface area (Å²) in [4.78, 5) is 13.0. The van der Waals surface area contributed by atoms with Crippen LogP contribution in [0.2, 0.25) is 0 Å². The van der Waals surface area contributed by atoms with E-state index in [1.807, 2.05) is 13.0 Å². The summed E-state index contributed by atoms with van der Waals surface area (Å²) in [7, 11) is -3.91. The van der Waals surface area contributed by atoms with Crippen molar-refractivity contribution in [1.29, 1.82) is 0 Å². The highest BCUT2D eigenvalue weighted by molar-refractivity contribution is 7.92. The molecule has 3 atom stereocenters. The van der Waals surface area contributed by atoms with Gasteiger partial charge >= 0.3 is 0 Å². The van der Waals surface area contributed by atoms with Gasteiger partial charge in [0.15, 0.2) is 0 Å². The standard InChI is InChI=1S/C23H28N2O4S/c1-2-29-20-10-12-21(13-11-20)30(27,28)25(19-6-4-3-5-7-19)16-23(26)24-22-15-17-8-9-18(22)14-17/h3-7,10-13,17-18,22H,2,8-9,14-16H2,1H3,(H,24,26)/t17-,18-,22+/m0/s1. The van der Waals surface area contributed by atoms with Crippen LogP contribution in [0, 0.1) is 11.8 Å². The molecule has 2 aromatic rings. The number of fused-ring (bicyclic) bond motifs is 2. The number of ether oxygens (including phenoxy) is 1. The Morgan fingerprint density at radius 1 is 1.07 bits per heavy atom. The molecule has 0 aliphatic heterocycles. The van der Waals surface area contributed by atoms with Crippen LogP contribution in [0.25, 0.3) is 0 Å². The summed E-state index contributed by atoms with van der Waals surface area (Å²) in [5.74, 6) is 1.59. The van der Waals surface area contributed by atoms with Gasteiger partial charge in [-0.15, -0.1) is 0 Å². The molecule has 0 radical (unpaired) electrons. The van der Waals surface area contributed by atoms with Crippen LogP contribution in [-0.2, 0) is 14.8 Å². The fourth-order valence-corrected chi connectivity index (χ4v) is 6.14. The minimum absolute atomic E-state index is 0.127. The Bertz CT molecular complexity index is 976. The first-order chi connectivity index (χ1) is 14.5. The molecular weight excluding hydrogens is 400 g/mol. The molecule has 30 heavy (non-hydrogen) atoms. The Labute approximate surface area is 178 Å². The van der Waals surface area contributed by atoms with Crippen molar-refractivity contribution < 1.29 is 17.9 Å². The molecule has 4 rings (SSSR count). The summed E-state index contributed by atoms with van der Waals surface area (Å²) in [6.45, 7) is 2.13. The van der Waals surface area contributed by atoms with E-state index in [1.165, 1.54) is 29.3 Å². The van der Waals surface area contributed by atoms with Crippen LogP contribution in [-0.4, -0.2) is 33.5 Å². The number of anilines is 1. The SMILES string of the molecule is CCOc1ccc(S(=O)(=O)N(CC(=O)N[C@@H]2C[C@H]3CC[C@H]2C3)c2ccccc2)cc1. The molecule has 2 fully saturated rings. The third-order valence-electron chi connectivity index (χ3n) is 6.14. The predicted octanol–water partition coefficient (Wildman–Crippen LogP) is 3.59. The second-order valence-corrected chi connectivity index (χ2v) is 9.96. The Balaban J connectivity index is 1.55. The number of carbonyl (C=O) groups excluding carboxylic acids is 1. The Kier molecular flexibility index (Phi) is 5.99. The Morgan fingerprint density at radius 2 is 1.80 bits per heavy atom. The van der Waals surface area contributed by atoms with Crippen molar-refractivity contribution in [2.24, 2.45) is 11.8 Å². The van der Waals surface area contributed by atoms with Gasteiger partial charge in [0, 0.05) is 6.04 Å². The lowest BCUT2D eigenvalue weighted by atomic mass is 9.95. The number of sulfonamides is 1. The van der Waals surface area contributed by atoms with Crippen molar-refractivity contribution in [3.8, 4) is 5.75 Å². The maximum Gasteiger partial charge on any atom is 0.264 e. The zero-order valence-corrected chi connectivity index (χ0v) is 18.0. The molecule has 0 saturated heterocycles. The molecule has 7 heteroatoms. The monoisotopic (exact) mass is 428 g/mol. The van der Waals surface area contributed by atoms with Crippen molar-refractivity contribution >= 4 is 21.6 Å². The molecule has 0 spiro atoms. The number of amides is 1. The van der Waals surface area contributed by atoms with Gasteiger partial charge in [0.1, 0.15) is 12.3 Å². The molecule has 2 aromatic carbocycles. The molecule has 0 heterocycles. The fourth-order valence-electron chi connectivity index (χ4n) is 4.72. The smallest absolute Gasteiger partial charge is 0.264 e. The van der Waals surface area contributed by atoms with Gasteiger partial charge < -0.3 is 10.1 Å². The summed E-state index contributed by atoms with van der Waals surface area (Å²) in [6, 6.07) is 15.2. The van der Waals surface area contributed by atoms with Gasteiger partial charge in [-0.1, -0.05) is 24.6 Å². The lowest BCUT2D eigenvalue weighted by molar-refractivity contribution is -0.120. The first-order valence-corrected chi connectivity index (χ1v) is 12.0. The highest BCUT2D eigenvalue weighted by Gasteiger charge is 2.40. The predicted molar refractivity (Wildman–Crippen MR) is 116 cm³/mol. The van der Waals surface area contributed by atoms with Crippen molar-refractivity contribution in [2.45, 2.75) is 43.5 Å². The van der Waals surface area contributed by atoms with Gasteiger partial charge in [0.05, 0.1) is 17.2 Å². The van der Waals surface area contributed by atoms with E-state index >= 15 is 0 Å². The van der Waals surface area contributed by atoms with E-state index in [-0.39, 0.29) is 23.4 Å². The molecule has 0 unspecified atom stereocenters. The minimum Gasteiger partial charge on any atom is -0.494 e. The lowest BCUT2D eigenvalue weighted by Crippen LogP contribution is -2.45. The Hall–Kier alpha value is -2.54. The summed E-state index contributed by atoms with van der Waals surface area (Å²) in [5, 5.41) is 3.09. The maximum atomic E-state index is 13.4. The van der Waals surface area contributed by atoms with Crippen LogP contribution < -0.4 is 14.4 Å². The van der Waals surface area contributed by atoms with Gasteiger partial charge in [-0.25, -0.2) is 8.42 Å². The van der Waals surface area contributed by atoms with Gasteiger partial charge in [0.2, 0.25) is 5.91 Å². The lowest BCUT2D eigenvalue weighted by Gasteiger charge is -2.27. The van der Waals surface area contributed by atoms with Crippen LogP contribution in [0.5, 0.6) is 5.75 Å². The van der Waals surface area contributed by atoms with Crippen LogP contribution in [0.3, 0.4) is 0 Å².